The molecule has 4 aliphatic rings. The predicted molar refractivity (Wildman–Crippen MR) is 109 cm³/mol. The molecule has 3 amide bonds. The molecule has 9 nitrogen and oxygen atoms in total. The number of aromatic nitrogens is 2. The monoisotopic (exact) mass is 414 g/mol. The van der Waals surface area contributed by atoms with Gasteiger partial charge in [0.05, 0.1) is 12.0 Å². The van der Waals surface area contributed by atoms with E-state index in [-0.39, 0.29) is 47.7 Å². The molecule has 5 heterocycles. The number of fused-ring (bicyclic) bond motifs is 4. The first kappa shape index (κ1) is 19.5. The minimum absolute atomic E-state index is 0.119. The number of nitrogen functional groups attached to an aromatic ring is 1. The van der Waals surface area contributed by atoms with Crippen molar-refractivity contribution in [1.82, 2.24) is 25.5 Å². The van der Waals surface area contributed by atoms with E-state index >= 15 is 0 Å². The van der Waals surface area contributed by atoms with Gasteiger partial charge in [0.25, 0.3) is 0 Å². The Hall–Kier alpha value is -2.42. The van der Waals surface area contributed by atoms with Crippen LogP contribution in [0, 0.1) is 19.8 Å². The van der Waals surface area contributed by atoms with Gasteiger partial charge in [-0.25, -0.2) is 14.8 Å². The maximum atomic E-state index is 13.4. The van der Waals surface area contributed by atoms with Gasteiger partial charge in [-0.05, 0) is 52.4 Å². The molecule has 1 spiro atoms. The molecule has 0 unspecified atom stereocenters. The molecular weight excluding hydrogens is 384 g/mol. The smallest absolute Gasteiger partial charge is 0.317 e. The molecule has 4 atom stereocenters. The molecule has 1 aromatic heterocycles. The van der Waals surface area contributed by atoms with Crippen molar-refractivity contribution in [3.05, 3.63) is 17.0 Å². The van der Waals surface area contributed by atoms with Gasteiger partial charge >= 0.3 is 6.03 Å². The molecule has 4 aliphatic heterocycles. The minimum Gasteiger partial charge on any atom is -0.368 e. The lowest BCUT2D eigenvalue weighted by atomic mass is 9.69. The number of piperidine rings is 1. The fourth-order valence-electron chi connectivity index (χ4n) is 6.34. The first-order valence-corrected chi connectivity index (χ1v) is 11.0. The summed E-state index contributed by atoms with van der Waals surface area (Å²) >= 11 is 0. The number of nitrogens with zero attached hydrogens (tertiary/aromatic N) is 3. The second kappa shape index (κ2) is 7.08. The van der Waals surface area contributed by atoms with E-state index in [1.54, 1.807) is 0 Å². The van der Waals surface area contributed by atoms with Gasteiger partial charge in [0.2, 0.25) is 11.9 Å². The zero-order valence-corrected chi connectivity index (χ0v) is 17.6. The lowest BCUT2D eigenvalue weighted by Crippen LogP contribution is -2.73. The van der Waals surface area contributed by atoms with Crippen LogP contribution in [0.2, 0.25) is 0 Å². The van der Waals surface area contributed by atoms with Gasteiger partial charge in [0, 0.05) is 41.6 Å². The quantitative estimate of drug-likeness (QED) is 0.668. The lowest BCUT2D eigenvalue weighted by Gasteiger charge is -2.55. The van der Waals surface area contributed by atoms with Gasteiger partial charge in [-0.2, -0.15) is 0 Å². The standard InChI is InChI=1S/C21H30N6O3/c1-11-15(12(2)24-19(22)23-11)8-17(28)27-13-5-6-14(27)10-21(9-13)16-4-3-7-30-18(16)25-20(29)26-21/h13-14,16,18H,3-10H2,1-2H3,(H2,22,23,24)(H2,25,26,29)/t13-,14-,16+,18-/m0/s1. The van der Waals surface area contributed by atoms with Gasteiger partial charge < -0.3 is 26.0 Å². The lowest BCUT2D eigenvalue weighted by molar-refractivity contribution is -0.140. The summed E-state index contributed by atoms with van der Waals surface area (Å²) in [5.74, 6) is 0.611. The highest BCUT2D eigenvalue weighted by molar-refractivity contribution is 5.81. The summed E-state index contributed by atoms with van der Waals surface area (Å²) in [6.45, 7) is 4.44. The second-order valence-corrected chi connectivity index (χ2v) is 9.30. The number of ether oxygens (including phenoxy) is 1. The Kier molecular flexibility index (Phi) is 4.61. The average molecular weight is 415 g/mol. The third-order valence-electron chi connectivity index (χ3n) is 7.54. The minimum atomic E-state index is -0.286. The van der Waals surface area contributed by atoms with E-state index in [0.29, 0.717) is 13.0 Å². The van der Waals surface area contributed by atoms with E-state index in [1.165, 1.54) is 0 Å². The molecule has 2 bridgehead atoms. The first-order chi connectivity index (χ1) is 14.4. The third kappa shape index (κ3) is 3.10. The summed E-state index contributed by atoms with van der Waals surface area (Å²) in [6, 6.07) is 0.141. The van der Waals surface area contributed by atoms with Crippen molar-refractivity contribution in [3.63, 3.8) is 0 Å². The number of hydrogen-bond donors (Lipinski definition) is 3. The van der Waals surface area contributed by atoms with Gasteiger partial charge in [-0.3, -0.25) is 4.79 Å². The van der Waals surface area contributed by atoms with Crippen molar-refractivity contribution in [2.75, 3.05) is 12.3 Å². The SMILES string of the molecule is Cc1nc(N)nc(C)c1CC(=O)N1[C@H]2CC[C@H]1CC1(C2)NC(=O)N[C@H]2OCCC[C@H]21. The maximum absolute atomic E-state index is 13.4. The molecule has 1 aromatic rings. The van der Waals surface area contributed by atoms with Crippen LogP contribution in [0.3, 0.4) is 0 Å². The molecule has 30 heavy (non-hydrogen) atoms. The van der Waals surface area contributed by atoms with Gasteiger partial charge in [-0.15, -0.1) is 0 Å². The van der Waals surface area contributed by atoms with Crippen molar-refractivity contribution in [3.8, 4) is 0 Å². The van der Waals surface area contributed by atoms with Crippen LogP contribution in [-0.2, 0) is 16.0 Å². The van der Waals surface area contributed by atoms with Crippen LogP contribution in [0.5, 0.6) is 0 Å². The number of hydrogen-bond acceptors (Lipinski definition) is 6. The molecule has 0 saturated carbocycles. The fraction of sp³-hybridized carbons (Fsp3) is 0.714. The Bertz CT molecular complexity index is 852. The summed E-state index contributed by atoms with van der Waals surface area (Å²) in [4.78, 5) is 36.3. The first-order valence-electron chi connectivity index (χ1n) is 11.0. The number of nitrogens with one attached hydrogen (secondary N) is 2. The Morgan fingerprint density at radius 3 is 2.53 bits per heavy atom. The largest absolute Gasteiger partial charge is 0.368 e. The Labute approximate surface area is 176 Å². The van der Waals surface area contributed by atoms with E-state index in [2.05, 4.69) is 25.5 Å². The molecule has 0 aromatic carbocycles. The van der Waals surface area contributed by atoms with Crippen molar-refractivity contribution < 1.29 is 14.3 Å². The van der Waals surface area contributed by atoms with Crippen LogP contribution in [0.4, 0.5) is 10.7 Å². The van der Waals surface area contributed by atoms with Gasteiger partial charge in [0.1, 0.15) is 6.23 Å². The molecule has 4 N–H and O–H groups in total. The summed E-state index contributed by atoms with van der Waals surface area (Å²) in [6.07, 6.45) is 5.67. The van der Waals surface area contributed by atoms with E-state index < -0.39 is 0 Å². The van der Waals surface area contributed by atoms with Crippen molar-refractivity contribution in [2.24, 2.45) is 5.92 Å². The van der Waals surface area contributed by atoms with Crippen LogP contribution in [0.25, 0.3) is 0 Å². The van der Waals surface area contributed by atoms with E-state index in [1.807, 2.05) is 13.8 Å². The Balaban J connectivity index is 1.37. The number of amides is 3. The molecule has 5 rings (SSSR count). The maximum Gasteiger partial charge on any atom is 0.317 e. The number of nitrogens with two attached hydrogens (primary N) is 1. The number of carbonyl (C=O) groups is 2. The van der Waals surface area contributed by atoms with E-state index in [9.17, 15) is 9.59 Å². The number of rotatable bonds is 2. The number of aryl methyl sites for hydroxylation is 2. The van der Waals surface area contributed by atoms with Crippen molar-refractivity contribution >= 4 is 17.9 Å². The molecule has 4 fully saturated rings. The zero-order valence-electron chi connectivity index (χ0n) is 17.6. The summed E-state index contributed by atoms with van der Waals surface area (Å²) < 4.78 is 5.88. The highest BCUT2D eigenvalue weighted by Crippen LogP contribution is 2.48. The molecule has 4 saturated heterocycles. The van der Waals surface area contributed by atoms with Gasteiger partial charge in [-0.1, -0.05) is 0 Å². The van der Waals surface area contributed by atoms with E-state index in [0.717, 1.165) is 55.5 Å². The number of urea groups is 1. The molecule has 0 aliphatic carbocycles. The normalized spacial score (nSPS) is 35.0. The second-order valence-electron chi connectivity index (χ2n) is 9.30. The van der Waals surface area contributed by atoms with Crippen molar-refractivity contribution in [2.45, 2.75) is 82.6 Å². The average Bonchev–Trinajstić information content (AvgIpc) is 2.96. The molecule has 0 radical (unpaired) electrons. The number of anilines is 1. The predicted octanol–water partition coefficient (Wildman–Crippen LogP) is 1.18. The highest BCUT2D eigenvalue weighted by Gasteiger charge is 2.57. The van der Waals surface area contributed by atoms with Crippen LogP contribution >= 0.6 is 0 Å². The van der Waals surface area contributed by atoms with Crippen molar-refractivity contribution in [1.29, 1.82) is 0 Å². The van der Waals surface area contributed by atoms with E-state index in [4.69, 9.17) is 10.5 Å². The molecule has 9 heteroatoms. The fourth-order valence-corrected chi connectivity index (χ4v) is 6.34. The molecular formula is C21H30N6O3. The van der Waals surface area contributed by atoms with Crippen LogP contribution in [-0.4, -0.2) is 57.3 Å². The topological polar surface area (TPSA) is 122 Å². The highest BCUT2D eigenvalue weighted by atomic mass is 16.5. The summed E-state index contributed by atoms with van der Waals surface area (Å²) in [5.41, 5.74) is 7.84. The number of carbonyl (C=O) groups excluding carboxylic acids is 2. The summed E-state index contributed by atoms with van der Waals surface area (Å²) in [7, 11) is 0. The van der Waals surface area contributed by atoms with Gasteiger partial charge in [0.15, 0.2) is 0 Å². The van der Waals surface area contributed by atoms with Crippen LogP contribution in [0.15, 0.2) is 0 Å². The Morgan fingerprint density at radius 1 is 1.20 bits per heavy atom. The molecule has 162 valence electrons. The Morgan fingerprint density at radius 2 is 1.87 bits per heavy atom. The summed E-state index contributed by atoms with van der Waals surface area (Å²) in [5, 5.41) is 6.21. The third-order valence-corrected chi connectivity index (χ3v) is 7.54. The van der Waals surface area contributed by atoms with Crippen LogP contribution in [0.1, 0.15) is 55.5 Å². The van der Waals surface area contributed by atoms with Crippen LogP contribution < -0.4 is 16.4 Å². The zero-order chi connectivity index (χ0) is 21.0.